The van der Waals surface area contributed by atoms with Gasteiger partial charge in [0.25, 0.3) is 5.91 Å². The molecule has 5 rings (SSSR count). The Labute approximate surface area is 162 Å². The number of carbonyl (C=O) groups is 3. The van der Waals surface area contributed by atoms with Crippen molar-refractivity contribution in [2.75, 3.05) is 6.54 Å². The van der Waals surface area contributed by atoms with Crippen molar-refractivity contribution in [3.8, 4) is 11.1 Å². The fourth-order valence-electron chi connectivity index (χ4n) is 4.33. The molecule has 1 saturated heterocycles. The number of benzene rings is 2. The van der Waals surface area contributed by atoms with Crippen molar-refractivity contribution >= 4 is 17.9 Å². The van der Waals surface area contributed by atoms with Crippen molar-refractivity contribution < 1.29 is 19.1 Å². The highest BCUT2D eigenvalue weighted by molar-refractivity contribution is 6.08. The van der Waals surface area contributed by atoms with Gasteiger partial charge in [-0.05, 0) is 36.8 Å². The molecule has 1 aliphatic heterocycles. The second kappa shape index (κ2) is 5.92. The van der Waals surface area contributed by atoms with Crippen molar-refractivity contribution in [3.05, 3.63) is 59.7 Å². The van der Waals surface area contributed by atoms with Crippen LogP contribution in [-0.4, -0.2) is 34.9 Å². The topological polar surface area (TPSA) is 75.7 Å². The van der Waals surface area contributed by atoms with Crippen LogP contribution in [0.4, 0.5) is 4.79 Å². The summed E-state index contributed by atoms with van der Waals surface area (Å²) in [4.78, 5) is 38.7. The number of esters is 1. The predicted molar refractivity (Wildman–Crippen MR) is 101 cm³/mol. The maximum Gasteiger partial charge on any atom is 0.327 e. The number of amides is 3. The van der Waals surface area contributed by atoms with E-state index >= 15 is 0 Å². The summed E-state index contributed by atoms with van der Waals surface area (Å²) in [5.41, 5.74) is 3.00. The molecule has 1 saturated carbocycles. The Morgan fingerprint density at radius 1 is 1.07 bits per heavy atom. The molecule has 3 aliphatic rings. The number of carbonyl (C=O) groups excluding carboxylic acids is 3. The lowest BCUT2D eigenvalue weighted by Gasteiger charge is -2.21. The van der Waals surface area contributed by atoms with Gasteiger partial charge in [-0.3, -0.25) is 14.5 Å². The Bertz CT molecular complexity index is 968. The van der Waals surface area contributed by atoms with Gasteiger partial charge < -0.3 is 10.1 Å². The van der Waals surface area contributed by atoms with Gasteiger partial charge in [-0.25, -0.2) is 4.79 Å². The van der Waals surface area contributed by atoms with Crippen LogP contribution in [0, 0.1) is 5.92 Å². The second-order valence-corrected chi connectivity index (χ2v) is 7.84. The Morgan fingerprint density at radius 3 is 2.21 bits per heavy atom. The summed E-state index contributed by atoms with van der Waals surface area (Å²) < 4.78 is 5.75. The third-order valence-corrected chi connectivity index (χ3v) is 6.01. The maximum absolute atomic E-state index is 12.7. The quantitative estimate of drug-likeness (QED) is 0.657. The largest absolute Gasteiger partial charge is 0.451 e. The highest BCUT2D eigenvalue weighted by Gasteiger charge is 2.56. The molecular formula is C22H20N2O4. The molecule has 1 atom stereocenters. The maximum atomic E-state index is 12.7. The summed E-state index contributed by atoms with van der Waals surface area (Å²) >= 11 is 0. The van der Waals surface area contributed by atoms with Gasteiger partial charge >= 0.3 is 12.0 Å². The van der Waals surface area contributed by atoms with Gasteiger partial charge in [0.1, 0.15) is 12.1 Å². The Hall–Kier alpha value is -3.15. The lowest BCUT2D eigenvalue weighted by atomic mass is 9.96. The first-order valence-electron chi connectivity index (χ1n) is 9.51. The number of imide groups is 1. The van der Waals surface area contributed by atoms with Gasteiger partial charge in [0, 0.05) is 11.1 Å². The van der Waals surface area contributed by atoms with Gasteiger partial charge in [-0.2, -0.15) is 0 Å². The average Bonchev–Trinajstić information content (AvgIpc) is 3.48. The van der Waals surface area contributed by atoms with E-state index in [0.29, 0.717) is 0 Å². The van der Waals surface area contributed by atoms with E-state index in [1.54, 1.807) is 6.92 Å². The second-order valence-electron chi connectivity index (χ2n) is 7.84. The number of hydrogen-bond acceptors (Lipinski definition) is 4. The highest BCUT2D eigenvalue weighted by Crippen LogP contribution is 2.45. The van der Waals surface area contributed by atoms with E-state index in [1.807, 2.05) is 48.5 Å². The van der Waals surface area contributed by atoms with E-state index in [1.165, 1.54) is 0 Å². The van der Waals surface area contributed by atoms with Crippen LogP contribution in [0.25, 0.3) is 11.1 Å². The fourth-order valence-corrected chi connectivity index (χ4v) is 4.33. The Kier molecular flexibility index (Phi) is 3.59. The smallest absolute Gasteiger partial charge is 0.327 e. The van der Waals surface area contributed by atoms with Crippen molar-refractivity contribution in [2.45, 2.75) is 31.4 Å². The Balaban J connectivity index is 1.37. The van der Waals surface area contributed by atoms with E-state index in [9.17, 15) is 14.4 Å². The van der Waals surface area contributed by atoms with Crippen molar-refractivity contribution in [1.29, 1.82) is 0 Å². The predicted octanol–water partition coefficient (Wildman–Crippen LogP) is 3.02. The van der Waals surface area contributed by atoms with Gasteiger partial charge in [0.2, 0.25) is 0 Å². The fraction of sp³-hybridized carbons (Fsp3) is 0.318. The molecule has 0 spiro atoms. The van der Waals surface area contributed by atoms with Crippen molar-refractivity contribution in [1.82, 2.24) is 10.2 Å². The first kappa shape index (κ1) is 17.0. The van der Waals surface area contributed by atoms with E-state index in [4.69, 9.17) is 4.74 Å². The van der Waals surface area contributed by atoms with Crippen LogP contribution in [0.2, 0.25) is 0 Å². The normalized spacial score (nSPS) is 23.4. The molecule has 28 heavy (non-hydrogen) atoms. The number of nitrogens with one attached hydrogen (secondary N) is 1. The van der Waals surface area contributed by atoms with Crippen LogP contribution in [-0.2, 0) is 14.3 Å². The van der Waals surface area contributed by atoms with Gasteiger partial charge in [0.15, 0.2) is 6.10 Å². The number of ether oxygens (including phenoxy) is 1. The van der Waals surface area contributed by atoms with Crippen LogP contribution in [0.3, 0.4) is 0 Å². The monoisotopic (exact) mass is 376 g/mol. The molecule has 2 aromatic rings. The molecule has 142 valence electrons. The number of rotatable bonds is 4. The molecule has 2 fully saturated rings. The van der Waals surface area contributed by atoms with Crippen molar-refractivity contribution in [3.63, 3.8) is 0 Å². The summed E-state index contributed by atoms with van der Waals surface area (Å²) in [5, 5.41) is 2.75. The van der Waals surface area contributed by atoms with Crippen LogP contribution in [0.5, 0.6) is 0 Å². The van der Waals surface area contributed by atoms with E-state index < -0.39 is 23.6 Å². The molecule has 6 nitrogen and oxygen atoms in total. The molecule has 0 bridgehead atoms. The molecule has 1 N–H and O–H groups in total. The SMILES string of the molecule is C[C@@]1(C2CC2)NC(=O)N(CC(=O)OC2c3ccccc3-c3ccccc32)C1=O. The molecule has 1 heterocycles. The molecule has 2 aromatic carbocycles. The zero-order valence-electron chi connectivity index (χ0n) is 15.5. The summed E-state index contributed by atoms with van der Waals surface area (Å²) in [6, 6.07) is 15.1. The summed E-state index contributed by atoms with van der Waals surface area (Å²) in [6.07, 6.45) is 1.29. The van der Waals surface area contributed by atoms with E-state index in [-0.39, 0.29) is 18.4 Å². The van der Waals surface area contributed by atoms with Gasteiger partial charge in [-0.1, -0.05) is 48.5 Å². The third kappa shape index (κ3) is 2.44. The average molecular weight is 376 g/mol. The minimum absolute atomic E-state index is 0.151. The Morgan fingerprint density at radius 2 is 1.64 bits per heavy atom. The standard InChI is InChI=1S/C22H20N2O4/c1-22(13-10-11-13)20(26)24(21(27)23-22)12-18(25)28-19-16-8-4-2-6-14(16)15-7-3-5-9-17(15)19/h2-9,13,19H,10-12H2,1H3,(H,23,27)/t22-/m0/s1. The number of fused-ring (bicyclic) bond motifs is 3. The van der Waals surface area contributed by atoms with Crippen LogP contribution < -0.4 is 5.32 Å². The molecule has 6 heteroatoms. The van der Waals surface area contributed by atoms with Crippen LogP contribution in [0.15, 0.2) is 48.5 Å². The summed E-state index contributed by atoms with van der Waals surface area (Å²) in [7, 11) is 0. The lowest BCUT2D eigenvalue weighted by molar-refractivity contribution is -0.151. The lowest BCUT2D eigenvalue weighted by Crippen LogP contribution is -2.46. The van der Waals surface area contributed by atoms with E-state index in [2.05, 4.69) is 5.32 Å². The molecule has 0 aromatic heterocycles. The number of hydrogen-bond donors (Lipinski definition) is 1. The minimum atomic E-state index is -0.899. The van der Waals surface area contributed by atoms with Crippen LogP contribution in [0.1, 0.15) is 37.0 Å². The zero-order valence-corrected chi connectivity index (χ0v) is 15.5. The molecule has 0 unspecified atom stereocenters. The van der Waals surface area contributed by atoms with Gasteiger partial charge in [0.05, 0.1) is 0 Å². The van der Waals surface area contributed by atoms with Gasteiger partial charge in [-0.15, -0.1) is 0 Å². The first-order chi connectivity index (χ1) is 13.5. The molecule has 0 radical (unpaired) electrons. The number of urea groups is 1. The molecule has 2 aliphatic carbocycles. The molecule has 3 amide bonds. The summed E-state index contributed by atoms with van der Waals surface area (Å²) in [6.45, 7) is 1.35. The van der Waals surface area contributed by atoms with Crippen molar-refractivity contribution in [2.24, 2.45) is 5.92 Å². The highest BCUT2D eigenvalue weighted by atomic mass is 16.5. The van der Waals surface area contributed by atoms with Crippen LogP contribution >= 0.6 is 0 Å². The molecular weight excluding hydrogens is 356 g/mol. The number of nitrogens with zero attached hydrogens (tertiary/aromatic N) is 1. The summed E-state index contributed by atoms with van der Waals surface area (Å²) in [5.74, 6) is -0.789. The zero-order chi connectivity index (χ0) is 19.5. The third-order valence-electron chi connectivity index (χ3n) is 6.01. The first-order valence-corrected chi connectivity index (χ1v) is 9.51. The minimum Gasteiger partial charge on any atom is -0.451 e. The van der Waals surface area contributed by atoms with E-state index in [0.717, 1.165) is 40.0 Å².